The van der Waals surface area contributed by atoms with Gasteiger partial charge in [-0.2, -0.15) is 0 Å². The SMILES string of the molecule is CC1(C)C(=O)N(c2ccc(F)cc2)C(C(C(=O)O)C(=O)O)=C1C(C(=O)O)C(=O)O. The minimum absolute atomic E-state index is 0.142. The summed E-state index contributed by atoms with van der Waals surface area (Å²) in [5, 5.41) is 37.7. The molecular weight excluding hydrogens is 393 g/mol. The molecule has 2 rings (SSSR count). The van der Waals surface area contributed by atoms with Gasteiger partial charge in [-0.25, -0.2) is 4.39 Å². The fourth-order valence-electron chi connectivity index (χ4n) is 3.28. The Labute approximate surface area is 162 Å². The van der Waals surface area contributed by atoms with Crippen LogP contribution in [-0.2, 0) is 24.0 Å². The Hall–Kier alpha value is -3.76. The lowest BCUT2D eigenvalue weighted by Gasteiger charge is -2.24. The molecular formula is C18H16FNO9. The molecule has 1 amide bonds. The van der Waals surface area contributed by atoms with Crippen molar-refractivity contribution >= 4 is 35.5 Å². The summed E-state index contributed by atoms with van der Waals surface area (Å²) in [5.41, 5.74) is -3.49. The van der Waals surface area contributed by atoms with E-state index < -0.39 is 64.1 Å². The minimum atomic E-state index is -2.44. The van der Waals surface area contributed by atoms with Crippen molar-refractivity contribution < 1.29 is 48.8 Å². The Morgan fingerprint density at radius 1 is 0.862 bits per heavy atom. The van der Waals surface area contributed by atoms with Crippen LogP contribution in [0.25, 0.3) is 0 Å². The van der Waals surface area contributed by atoms with Gasteiger partial charge in [0.15, 0.2) is 11.8 Å². The standard InChI is InChI=1S/C18H16FNO9/c1-18(2)11(9(13(21)22)14(23)24)12(10(15(25)26)16(27)28)20(17(18)29)8-5-3-7(19)4-6-8/h3-6,9-10H,1-2H3,(H,21,22)(H,23,24)(H,25,26)(H,27,28). The molecule has 0 saturated heterocycles. The number of hydrogen-bond acceptors (Lipinski definition) is 5. The second-order valence-corrected chi connectivity index (χ2v) is 6.76. The second kappa shape index (κ2) is 7.34. The Bertz CT molecular complexity index is 921. The Morgan fingerprint density at radius 3 is 1.66 bits per heavy atom. The van der Waals surface area contributed by atoms with Gasteiger partial charge in [0.2, 0.25) is 5.91 Å². The molecule has 10 nitrogen and oxygen atoms in total. The van der Waals surface area contributed by atoms with E-state index in [1.807, 2.05) is 0 Å². The number of amides is 1. The normalized spacial score (nSPS) is 15.9. The molecule has 0 aromatic heterocycles. The topological polar surface area (TPSA) is 170 Å². The van der Waals surface area contributed by atoms with Crippen LogP contribution < -0.4 is 4.90 Å². The van der Waals surface area contributed by atoms with Gasteiger partial charge in [-0.3, -0.25) is 28.9 Å². The number of hydrogen-bond donors (Lipinski definition) is 4. The summed E-state index contributed by atoms with van der Waals surface area (Å²) in [6.07, 6.45) is 0. The lowest BCUT2D eigenvalue weighted by molar-refractivity contribution is -0.155. The van der Waals surface area contributed by atoms with Crippen molar-refractivity contribution in [1.82, 2.24) is 0 Å². The zero-order chi connectivity index (χ0) is 22.3. The minimum Gasteiger partial charge on any atom is -0.480 e. The average molecular weight is 409 g/mol. The second-order valence-electron chi connectivity index (χ2n) is 6.76. The van der Waals surface area contributed by atoms with Crippen LogP contribution >= 0.6 is 0 Å². The molecule has 1 heterocycles. The van der Waals surface area contributed by atoms with E-state index in [9.17, 15) is 48.8 Å². The number of anilines is 1. The summed E-state index contributed by atoms with van der Waals surface area (Å²) >= 11 is 0. The number of rotatable bonds is 7. The van der Waals surface area contributed by atoms with Crippen LogP contribution in [0.5, 0.6) is 0 Å². The van der Waals surface area contributed by atoms with Crippen LogP contribution in [0.3, 0.4) is 0 Å². The van der Waals surface area contributed by atoms with Gasteiger partial charge in [0.1, 0.15) is 5.82 Å². The molecule has 0 bridgehead atoms. The summed E-state index contributed by atoms with van der Waals surface area (Å²) < 4.78 is 13.3. The highest BCUT2D eigenvalue weighted by Crippen LogP contribution is 2.48. The van der Waals surface area contributed by atoms with E-state index >= 15 is 0 Å². The number of benzene rings is 1. The predicted molar refractivity (Wildman–Crippen MR) is 92.2 cm³/mol. The molecule has 4 N–H and O–H groups in total. The molecule has 1 aromatic rings. The molecule has 0 saturated carbocycles. The quantitative estimate of drug-likeness (QED) is 0.480. The van der Waals surface area contributed by atoms with Crippen LogP contribution in [0.15, 0.2) is 35.5 Å². The smallest absolute Gasteiger partial charge is 0.324 e. The third kappa shape index (κ3) is 3.53. The number of halogens is 1. The van der Waals surface area contributed by atoms with Gasteiger partial charge in [-0.05, 0) is 43.7 Å². The van der Waals surface area contributed by atoms with E-state index in [1.54, 1.807) is 0 Å². The molecule has 0 aliphatic carbocycles. The van der Waals surface area contributed by atoms with Gasteiger partial charge in [0.05, 0.1) is 11.1 Å². The number of carbonyl (C=O) groups is 5. The van der Waals surface area contributed by atoms with Gasteiger partial charge in [0, 0.05) is 5.69 Å². The highest BCUT2D eigenvalue weighted by molar-refractivity contribution is 6.12. The summed E-state index contributed by atoms with van der Waals surface area (Å²) in [4.78, 5) is 60.3. The van der Waals surface area contributed by atoms with Crippen LogP contribution in [0.4, 0.5) is 10.1 Å². The van der Waals surface area contributed by atoms with Crippen molar-refractivity contribution in [2.75, 3.05) is 4.90 Å². The van der Waals surface area contributed by atoms with E-state index in [-0.39, 0.29) is 5.69 Å². The highest BCUT2D eigenvalue weighted by Gasteiger charge is 2.56. The molecule has 1 aliphatic heterocycles. The largest absolute Gasteiger partial charge is 0.480 e. The van der Waals surface area contributed by atoms with Crippen LogP contribution in [0.2, 0.25) is 0 Å². The van der Waals surface area contributed by atoms with Crippen molar-refractivity contribution in [3.8, 4) is 0 Å². The van der Waals surface area contributed by atoms with Gasteiger partial charge in [-0.15, -0.1) is 0 Å². The third-order valence-electron chi connectivity index (χ3n) is 4.56. The third-order valence-corrected chi connectivity index (χ3v) is 4.56. The van der Waals surface area contributed by atoms with Crippen molar-refractivity contribution in [3.63, 3.8) is 0 Å². The lowest BCUT2D eigenvalue weighted by Crippen LogP contribution is -2.38. The number of carbonyl (C=O) groups excluding carboxylic acids is 1. The van der Waals surface area contributed by atoms with E-state index in [0.29, 0.717) is 4.90 Å². The maximum absolute atomic E-state index is 13.3. The van der Waals surface area contributed by atoms with Crippen LogP contribution in [0, 0.1) is 23.1 Å². The Kier molecular flexibility index (Phi) is 5.45. The van der Waals surface area contributed by atoms with E-state index in [1.165, 1.54) is 0 Å². The molecule has 29 heavy (non-hydrogen) atoms. The number of carboxylic acids is 4. The summed E-state index contributed by atoms with van der Waals surface area (Å²) in [6, 6.07) is 3.97. The van der Waals surface area contributed by atoms with E-state index in [4.69, 9.17) is 0 Å². The number of nitrogens with zero attached hydrogens (tertiary/aromatic N) is 1. The first-order valence-electron chi connectivity index (χ1n) is 8.08. The number of carboxylic acid groups (broad SMARTS) is 4. The average Bonchev–Trinajstić information content (AvgIpc) is 2.76. The molecule has 0 spiro atoms. The highest BCUT2D eigenvalue weighted by atomic mass is 19.1. The first-order valence-corrected chi connectivity index (χ1v) is 8.08. The predicted octanol–water partition coefficient (Wildman–Crippen LogP) is 1.02. The molecule has 1 aromatic carbocycles. The van der Waals surface area contributed by atoms with Gasteiger partial charge < -0.3 is 20.4 Å². The maximum atomic E-state index is 13.3. The zero-order valence-corrected chi connectivity index (χ0v) is 15.1. The monoisotopic (exact) mass is 409 g/mol. The summed E-state index contributed by atoms with van der Waals surface area (Å²) in [5.74, 6) is -14.1. The van der Waals surface area contributed by atoms with Crippen molar-refractivity contribution in [2.24, 2.45) is 17.3 Å². The molecule has 0 atom stereocenters. The molecule has 0 radical (unpaired) electrons. The van der Waals surface area contributed by atoms with Crippen molar-refractivity contribution in [2.45, 2.75) is 13.8 Å². The van der Waals surface area contributed by atoms with Crippen molar-refractivity contribution in [1.29, 1.82) is 0 Å². The van der Waals surface area contributed by atoms with Crippen molar-refractivity contribution in [3.05, 3.63) is 41.4 Å². The molecule has 0 fully saturated rings. The summed E-state index contributed by atoms with van der Waals surface area (Å²) in [7, 11) is 0. The lowest BCUT2D eigenvalue weighted by atomic mass is 9.76. The Balaban J connectivity index is 2.96. The zero-order valence-electron chi connectivity index (χ0n) is 15.1. The molecule has 154 valence electrons. The fraction of sp³-hybridized carbons (Fsp3) is 0.278. The first kappa shape index (κ1) is 21.5. The van der Waals surface area contributed by atoms with E-state index in [0.717, 1.165) is 38.1 Å². The maximum Gasteiger partial charge on any atom is 0.324 e. The fourth-order valence-corrected chi connectivity index (χ4v) is 3.28. The summed E-state index contributed by atoms with van der Waals surface area (Å²) in [6.45, 7) is 2.32. The Morgan fingerprint density at radius 2 is 1.28 bits per heavy atom. The van der Waals surface area contributed by atoms with Crippen LogP contribution in [-0.4, -0.2) is 50.2 Å². The van der Waals surface area contributed by atoms with Gasteiger partial charge in [-0.1, -0.05) is 0 Å². The van der Waals surface area contributed by atoms with Crippen LogP contribution in [0.1, 0.15) is 13.8 Å². The number of aliphatic carboxylic acids is 4. The first-order chi connectivity index (χ1) is 13.3. The van der Waals surface area contributed by atoms with Gasteiger partial charge >= 0.3 is 23.9 Å². The molecule has 1 aliphatic rings. The molecule has 0 unspecified atom stereocenters. The van der Waals surface area contributed by atoms with E-state index in [2.05, 4.69) is 0 Å². The van der Waals surface area contributed by atoms with Gasteiger partial charge in [0.25, 0.3) is 0 Å². The molecule has 11 heteroatoms.